The number of halogens is 2. The van der Waals surface area contributed by atoms with Crippen LogP contribution in [-0.2, 0) is 25.6 Å². The van der Waals surface area contributed by atoms with Gasteiger partial charge in [-0.15, -0.1) is 24.8 Å². The molecule has 0 radical (unpaired) electrons. The molecule has 0 bridgehead atoms. The normalized spacial score (nSPS) is 25.0. The number of phenols is 1. The van der Waals surface area contributed by atoms with Crippen LogP contribution in [0.1, 0.15) is 37.3 Å². The SMILES string of the molecule is CCCCNCC(=O)Nc1ccc2c(c1O)C(O)=C1C(=O)C3(O)C(O)=C(C(N)=O)C(=O)[C@@H](N(C)C)C3CC1C2.Cl.Cl. The van der Waals surface area contributed by atoms with E-state index in [1.807, 2.05) is 6.92 Å². The molecule has 226 valence electrons. The van der Waals surface area contributed by atoms with Crippen molar-refractivity contribution in [2.45, 2.75) is 44.2 Å². The van der Waals surface area contributed by atoms with Crippen LogP contribution in [0.5, 0.6) is 5.75 Å². The van der Waals surface area contributed by atoms with Gasteiger partial charge in [0.05, 0.1) is 23.8 Å². The van der Waals surface area contributed by atoms with E-state index in [-0.39, 0.29) is 61.0 Å². The lowest BCUT2D eigenvalue weighted by molar-refractivity contribution is -0.153. The summed E-state index contributed by atoms with van der Waals surface area (Å²) in [6.07, 6.45) is 2.05. The molecule has 2 amide bonds. The second kappa shape index (κ2) is 12.8. The number of carbonyl (C=O) groups is 4. The third-order valence-electron chi connectivity index (χ3n) is 7.86. The number of carbonyl (C=O) groups excluding carboxylic acids is 4. The number of ketones is 2. The number of anilines is 1. The highest BCUT2D eigenvalue weighted by Crippen LogP contribution is 2.53. The number of primary amides is 1. The van der Waals surface area contributed by atoms with E-state index in [0.717, 1.165) is 12.8 Å². The molecule has 0 saturated heterocycles. The van der Waals surface area contributed by atoms with Crippen molar-refractivity contribution in [3.05, 3.63) is 40.2 Å². The Kier molecular flexibility index (Phi) is 10.6. The van der Waals surface area contributed by atoms with Crippen LogP contribution in [0.15, 0.2) is 29.0 Å². The van der Waals surface area contributed by atoms with Gasteiger partial charge in [-0.25, -0.2) is 0 Å². The molecule has 41 heavy (non-hydrogen) atoms. The van der Waals surface area contributed by atoms with Crippen molar-refractivity contribution in [2.75, 3.05) is 32.5 Å². The fourth-order valence-corrected chi connectivity index (χ4v) is 6.02. The Morgan fingerprint density at radius 3 is 2.39 bits per heavy atom. The number of nitrogens with two attached hydrogens (primary N) is 1. The van der Waals surface area contributed by atoms with E-state index in [2.05, 4.69) is 10.6 Å². The van der Waals surface area contributed by atoms with Crippen molar-refractivity contribution < 1.29 is 39.6 Å². The number of phenolic OH excluding ortho intramolecular Hbond substituents is 1. The maximum Gasteiger partial charge on any atom is 0.255 e. The lowest BCUT2D eigenvalue weighted by Gasteiger charge is -2.50. The number of aromatic hydroxyl groups is 1. The highest BCUT2D eigenvalue weighted by atomic mass is 35.5. The van der Waals surface area contributed by atoms with Crippen molar-refractivity contribution >= 4 is 59.6 Å². The molecule has 1 aromatic rings. The molecule has 3 unspecified atom stereocenters. The first-order chi connectivity index (χ1) is 18.4. The average Bonchev–Trinajstić information content (AvgIpc) is 2.85. The summed E-state index contributed by atoms with van der Waals surface area (Å²) in [5, 5.41) is 50.3. The molecule has 0 heterocycles. The Labute approximate surface area is 249 Å². The minimum Gasteiger partial charge on any atom is -0.508 e. The van der Waals surface area contributed by atoms with Gasteiger partial charge in [0.1, 0.15) is 22.8 Å². The van der Waals surface area contributed by atoms with Crippen molar-refractivity contribution in [3.8, 4) is 5.75 Å². The fourth-order valence-electron chi connectivity index (χ4n) is 6.02. The zero-order valence-corrected chi connectivity index (χ0v) is 24.5. The summed E-state index contributed by atoms with van der Waals surface area (Å²) in [6, 6.07) is 1.97. The van der Waals surface area contributed by atoms with Gasteiger partial charge >= 0.3 is 0 Å². The summed E-state index contributed by atoms with van der Waals surface area (Å²) in [7, 11) is 3.08. The number of likely N-dealkylation sites (N-methyl/N-ethyl adjacent to an activating group) is 1. The largest absolute Gasteiger partial charge is 0.508 e. The van der Waals surface area contributed by atoms with E-state index in [1.165, 1.54) is 11.0 Å². The number of nitrogens with zero attached hydrogens (tertiary/aromatic N) is 1. The summed E-state index contributed by atoms with van der Waals surface area (Å²) >= 11 is 0. The van der Waals surface area contributed by atoms with Crippen LogP contribution in [0.25, 0.3) is 5.76 Å². The molecule has 1 fully saturated rings. The lowest BCUT2D eigenvalue weighted by Crippen LogP contribution is -2.65. The molecule has 1 aromatic carbocycles. The van der Waals surface area contributed by atoms with Gasteiger partial charge in [0, 0.05) is 11.5 Å². The highest BCUT2D eigenvalue weighted by molar-refractivity contribution is 6.24. The van der Waals surface area contributed by atoms with E-state index < -0.39 is 69.7 Å². The summed E-state index contributed by atoms with van der Waals surface area (Å²) in [5.41, 5.74) is 1.96. The van der Waals surface area contributed by atoms with Crippen molar-refractivity contribution in [2.24, 2.45) is 17.6 Å². The van der Waals surface area contributed by atoms with Crippen LogP contribution in [0.3, 0.4) is 0 Å². The minimum absolute atomic E-state index is 0. The zero-order valence-electron chi connectivity index (χ0n) is 22.9. The molecule has 1 saturated carbocycles. The first kappa shape index (κ1) is 34.0. The predicted octanol–water partition coefficient (Wildman–Crippen LogP) is 1.14. The number of amides is 2. The molecule has 12 nitrogen and oxygen atoms in total. The average molecular weight is 616 g/mol. The standard InChI is InChI=1S/C27H34N4O8.2ClH/c1-4-5-8-29-11-16(32)30-15-7-6-12-9-13-10-14-20(31(2)3)23(35)19(26(28)38)25(37)27(14,39)24(36)18(13)22(34)17(12)21(15)33;;/h6-7,13-14,20,29,33-34,37,39H,4-5,8-11H2,1-3H3,(H2,28,38)(H,30,32);2*1H/t13?,14?,20-,27?;;/m0../s1. The molecule has 3 aliphatic carbocycles. The number of aliphatic hydroxyl groups excluding tert-OH is 2. The van der Waals surface area contributed by atoms with Crippen LogP contribution >= 0.6 is 24.8 Å². The monoisotopic (exact) mass is 614 g/mol. The van der Waals surface area contributed by atoms with E-state index >= 15 is 0 Å². The van der Waals surface area contributed by atoms with Gasteiger partial charge in [0.25, 0.3) is 5.91 Å². The summed E-state index contributed by atoms with van der Waals surface area (Å²) in [5.74, 6) is -7.59. The van der Waals surface area contributed by atoms with Gasteiger partial charge in [-0.05, 0) is 57.5 Å². The topological polar surface area (TPSA) is 203 Å². The fraction of sp³-hybridized carbons (Fsp3) is 0.481. The number of fused-ring (bicyclic) bond motifs is 3. The quantitative estimate of drug-likeness (QED) is 0.126. The number of benzene rings is 1. The third-order valence-corrected chi connectivity index (χ3v) is 7.86. The van der Waals surface area contributed by atoms with Gasteiger partial charge in [-0.3, -0.25) is 24.1 Å². The lowest BCUT2D eigenvalue weighted by atomic mass is 9.57. The smallest absolute Gasteiger partial charge is 0.255 e. The van der Waals surface area contributed by atoms with Crippen LogP contribution in [0.4, 0.5) is 5.69 Å². The Bertz CT molecular complexity index is 1330. The molecule has 14 heteroatoms. The van der Waals surface area contributed by atoms with Gasteiger partial charge in [0.2, 0.25) is 11.7 Å². The van der Waals surface area contributed by atoms with Crippen LogP contribution in [0, 0.1) is 11.8 Å². The third kappa shape index (κ3) is 5.54. The van der Waals surface area contributed by atoms with Crippen molar-refractivity contribution in [1.82, 2.24) is 10.2 Å². The van der Waals surface area contributed by atoms with Gasteiger partial charge in [-0.1, -0.05) is 19.4 Å². The Morgan fingerprint density at radius 1 is 1.15 bits per heavy atom. The summed E-state index contributed by atoms with van der Waals surface area (Å²) < 4.78 is 0. The first-order valence-corrected chi connectivity index (χ1v) is 12.9. The second-order valence-corrected chi connectivity index (χ2v) is 10.5. The molecule has 0 aromatic heterocycles. The predicted molar refractivity (Wildman–Crippen MR) is 155 cm³/mol. The first-order valence-electron chi connectivity index (χ1n) is 12.9. The van der Waals surface area contributed by atoms with Crippen LogP contribution in [-0.4, -0.2) is 87.5 Å². The summed E-state index contributed by atoms with van der Waals surface area (Å²) in [4.78, 5) is 52.8. The van der Waals surface area contributed by atoms with E-state index in [1.54, 1.807) is 20.2 Å². The molecule has 3 aliphatic rings. The second-order valence-electron chi connectivity index (χ2n) is 10.5. The Balaban J connectivity index is 0.00000294. The number of aliphatic hydroxyl groups is 3. The van der Waals surface area contributed by atoms with Crippen molar-refractivity contribution in [3.63, 3.8) is 0 Å². The summed E-state index contributed by atoms with van der Waals surface area (Å²) in [6.45, 7) is 2.69. The molecule has 0 aliphatic heterocycles. The minimum atomic E-state index is -2.70. The zero-order chi connectivity index (χ0) is 28.8. The maximum absolute atomic E-state index is 13.8. The van der Waals surface area contributed by atoms with Crippen LogP contribution < -0.4 is 16.4 Å². The van der Waals surface area contributed by atoms with Gasteiger partial charge in [0.15, 0.2) is 11.4 Å². The molecule has 8 N–H and O–H groups in total. The Hall–Kier alpha value is -3.16. The maximum atomic E-state index is 13.8. The van der Waals surface area contributed by atoms with Gasteiger partial charge < -0.3 is 36.8 Å². The van der Waals surface area contributed by atoms with E-state index in [4.69, 9.17) is 5.73 Å². The van der Waals surface area contributed by atoms with Crippen molar-refractivity contribution in [1.29, 1.82) is 0 Å². The number of unbranched alkanes of at least 4 members (excludes halogenated alkanes) is 1. The number of Topliss-reactive ketones (excluding diaryl/α,β-unsaturated/α-hetero) is 2. The Morgan fingerprint density at radius 2 is 1.80 bits per heavy atom. The van der Waals surface area contributed by atoms with E-state index in [0.29, 0.717) is 12.1 Å². The molecule has 0 spiro atoms. The number of nitrogens with one attached hydrogen (secondary N) is 2. The highest BCUT2D eigenvalue weighted by Gasteiger charge is 2.64. The molecule has 4 atom stereocenters. The number of hydrogen-bond acceptors (Lipinski definition) is 10. The molecule has 4 rings (SSSR count). The van der Waals surface area contributed by atoms with Crippen LogP contribution in [0.2, 0.25) is 0 Å². The number of hydrogen-bond donors (Lipinski definition) is 7. The van der Waals surface area contributed by atoms with E-state index in [9.17, 15) is 39.6 Å². The van der Waals surface area contributed by atoms with Gasteiger partial charge in [-0.2, -0.15) is 0 Å². The number of rotatable bonds is 8. The molecular weight excluding hydrogens is 579 g/mol. The molecular formula is C27H36Cl2N4O8.